The molecular weight excluding hydrogens is 295 g/mol. The van der Waals surface area contributed by atoms with E-state index in [0.29, 0.717) is 13.0 Å². The molecule has 1 aromatic carbocycles. The van der Waals surface area contributed by atoms with Crippen molar-refractivity contribution in [1.29, 1.82) is 0 Å². The number of hydrogen-bond acceptors (Lipinski definition) is 2. The van der Waals surface area contributed by atoms with Gasteiger partial charge in [0.05, 0.1) is 12.8 Å². The van der Waals surface area contributed by atoms with Gasteiger partial charge in [-0.2, -0.15) is 5.10 Å². The maximum atomic E-state index is 12.6. The predicted octanol–water partition coefficient (Wildman–Crippen LogP) is -0.900. The van der Waals surface area contributed by atoms with Crippen LogP contribution >= 0.6 is 0 Å². The maximum Gasteiger partial charge on any atom is 1.00 e. The van der Waals surface area contributed by atoms with Crippen LogP contribution in [0.5, 0.6) is 5.75 Å². The van der Waals surface area contributed by atoms with Crippen molar-refractivity contribution in [2.24, 2.45) is 7.05 Å². The van der Waals surface area contributed by atoms with Gasteiger partial charge in [-0.1, -0.05) is 12.1 Å². The second kappa shape index (κ2) is 7.65. The van der Waals surface area contributed by atoms with Crippen LogP contribution in [-0.4, -0.2) is 23.4 Å². The SMILES string of the molecule is Cn1cc(CCOc2cccc([B-](F)(F)F)c2)cn1.[K+]. The Balaban J connectivity index is 0.00000200. The van der Waals surface area contributed by atoms with E-state index in [9.17, 15) is 12.9 Å². The van der Waals surface area contributed by atoms with E-state index >= 15 is 0 Å². The van der Waals surface area contributed by atoms with Crippen LogP contribution in [0.1, 0.15) is 5.56 Å². The average molecular weight is 308 g/mol. The van der Waals surface area contributed by atoms with Gasteiger partial charge >= 0.3 is 58.4 Å². The van der Waals surface area contributed by atoms with Gasteiger partial charge in [0.15, 0.2) is 0 Å². The number of nitrogens with zero attached hydrogens (tertiary/aromatic N) is 2. The molecule has 0 aliphatic rings. The molecule has 0 saturated heterocycles. The monoisotopic (exact) mass is 308 g/mol. The Hall–Kier alpha value is -0.279. The number of halogens is 3. The van der Waals surface area contributed by atoms with Crippen LogP contribution in [0.4, 0.5) is 12.9 Å². The van der Waals surface area contributed by atoms with Gasteiger partial charge in [0.2, 0.25) is 0 Å². The number of aryl methyl sites for hydroxylation is 1. The molecule has 0 N–H and O–H groups in total. The van der Waals surface area contributed by atoms with E-state index in [1.165, 1.54) is 12.1 Å². The molecule has 2 aromatic rings. The second-order valence-electron chi connectivity index (χ2n) is 4.27. The van der Waals surface area contributed by atoms with Crippen LogP contribution in [0, 0.1) is 0 Å². The first-order valence-electron chi connectivity index (χ1n) is 5.85. The molecule has 1 heterocycles. The standard InChI is InChI=1S/C12H13BF3N2O.K/c1-18-9-10(8-17-18)5-6-19-12-4-2-3-11(7-12)13(14,15)16;/h2-4,7-9H,5-6H2,1H3;/q-1;+1. The normalized spacial score (nSPS) is 11.0. The van der Waals surface area contributed by atoms with E-state index in [1.807, 2.05) is 6.20 Å². The Bertz CT molecular complexity index is 560. The van der Waals surface area contributed by atoms with Crippen LogP contribution < -0.4 is 61.6 Å². The number of benzene rings is 1. The summed E-state index contributed by atoms with van der Waals surface area (Å²) in [5.41, 5.74) is 0.345. The van der Waals surface area contributed by atoms with E-state index in [1.54, 1.807) is 17.9 Å². The largest absolute Gasteiger partial charge is 1.00 e. The van der Waals surface area contributed by atoms with Crippen molar-refractivity contribution in [2.75, 3.05) is 6.61 Å². The molecule has 0 saturated carbocycles. The summed E-state index contributed by atoms with van der Waals surface area (Å²) in [6, 6.07) is 4.95. The van der Waals surface area contributed by atoms with E-state index in [0.717, 1.165) is 17.7 Å². The summed E-state index contributed by atoms with van der Waals surface area (Å²) in [7, 11) is 1.80. The quantitative estimate of drug-likeness (QED) is 0.670. The Kier molecular flexibility index (Phi) is 6.80. The minimum atomic E-state index is -4.98. The van der Waals surface area contributed by atoms with Gasteiger partial charge in [0.1, 0.15) is 5.75 Å². The van der Waals surface area contributed by atoms with Crippen LogP contribution in [0.2, 0.25) is 0 Å². The molecule has 0 radical (unpaired) electrons. The molecule has 3 nitrogen and oxygen atoms in total. The topological polar surface area (TPSA) is 27.1 Å². The number of rotatable bonds is 5. The van der Waals surface area contributed by atoms with Gasteiger partial charge in [-0.15, -0.1) is 5.46 Å². The van der Waals surface area contributed by atoms with Crippen LogP contribution in [0.25, 0.3) is 0 Å². The summed E-state index contributed by atoms with van der Waals surface area (Å²) in [5, 5.41) is 4.00. The van der Waals surface area contributed by atoms with Gasteiger partial charge in [0, 0.05) is 19.7 Å². The summed E-state index contributed by atoms with van der Waals surface area (Å²) in [6.07, 6.45) is 4.16. The molecule has 0 atom stereocenters. The van der Waals surface area contributed by atoms with Crippen LogP contribution in [0.15, 0.2) is 36.7 Å². The molecule has 102 valence electrons. The first-order valence-corrected chi connectivity index (χ1v) is 5.85. The minimum Gasteiger partial charge on any atom is -0.493 e. The molecule has 0 amide bonds. The van der Waals surface area contributed by atoms with E-state index < -0.39 is 12.4 Å². The van der Waals surface area contributed by atoms with Gasteiger partial charge in [-0.05, 0) is 17.7 Å². The van der Waals surface area contributed by atoms with Gasteiger partial charge in [0.25, 0.3) is 0 Å². The third-order valence-electron chi connectivity index (χ3n) is 2.65. The third-order valence-corrected chi connectivity index (χ3v) is 2.65. The van der Waals surface area contributed by atoms with Crippen molar-refractivity contribution in [3.8, 4) is 5.75 Å². The fraction of sp³-hybridized carbons (Fsp3) is 0.250. The Morgan fingerprint density at radius 3 is 2.65 bits per heavy atom. The number of ether oxygens (including phenoxy) is 1. The van der Waals surface area contributed by atoms with Crippen molar-refractivity contribution in [3.05, 3.63) is 42.2 Å². The molecule has 1 aromatic heterocycles. The Morgan fingerprint density at radius 1 is 1.30 bits per heavy atom. The minimum absolute atomic E-state index is 0. The molecular formula is C12H13BF3KN2O. The molecule has 2 rings (SSSR count). The third kappa shape index (κ3) is 5.25. The molecule has 0 spiro atoms. The fourth-order valence-corrected chi connectivity index (χ4v) is 1.70. The molecule has 8 heteroatoms. The molecule has 0 aliphatic heterocycles. The first-order chi connectivity index (χ1) is 8.95. The molecule has 0 aliphatic carbocycles. The summed E-state index contributed by atoms with van der Waals surface area (Å²) in [4.78, 5) is 0. The zero-order valence-corrected chi connectivity index (χ0v) is 14.5. The fourth-order valence-electron chi connectivity index (χ4n) is 1.70. The van der Waals surface area contributed by atoms with Crippen molar-refractivity contribution in [1.82, 2.24) is 9.78 Å². The summed E-state index contributed by atoms with van der Waals surface area (Å²) < 4.78 is 44.7. The number of hydrogen-bond donors (Lipinski definition) is 0. The van der Waals surface area contributed by atoms with Gasteiger partial charge < -0.3 is 17.7 Å². The zero-order chi connectivity index (χ0) is 13.9. The van der Waals surface area contributed by atoms with Crippen molar-refractivity contribution in [2.45, 2.75) is 6.42 Å². The molecule has 20 heavy (non-hydrogen) atoms. The Morgan fingerprint density at radius 2 is 2.05 bits per heavy atom. The van der Waals surface area contributed by atoms with Crippen molar-refractivity contribution in [3.63, 3.8) is 0 Å². The van der Waals surface area contributed by atoms with E-state index in [2.05, 4.69) is 5.10 Å². The van der Waals surface area contributed by atoms with Crippen molar-refractivity contribution < 1.29 is 69.1 Å². The maximum absolute atomic E-state index is 12.6. The summed E-state index contributed by atoms with van der Waals surface area (Å²) >= 11 is 0. The van der Waals surface area contributed by atoms with Gasteiger partial charge in [-0.25, -0.2) is 0 Å². The molecule has 0 fully saturated rings. The Labute approximate surface area is 158 Å². The second-order valence-corrected chi connectivity index (χ2v) is 4.27. The van der Waals surface area contributed by atoms with Crippen LogP contribution in [0.3, 0.4) is 0 Å². The predicted molar refractivity (Wildman–Crippen MR) is 67.6 cm³/mol. The van der Waals surface area contributed by atoms with Crippen LogP contribution in [-0.2, 0) is 13.5 Å². The molecule has 0 unspecified atom stereocenters. The first kappa shape index (κ1) is 17.8. The molecule has 0 bridgehead atoms. The van der Waals surface area contributed by atoms with E-state index in [4.69, 9.17) is 4.74 Å². The average Bonchev–Trinajstić information content (AvgIpc) is 2.74. The zero-order valence-electron chi connectivity index (χ0n) is 11.4. The summed E-state index contributed by atoms with van der Waals surface area (Å²) in [5.74, 6) is 0.237. The van der Waals surface area contributed by atoms with Gasteiger partial charge in [-0.3, -0.25) is 4.68 Å². The van der Waals surface area contributed by atoms with E-state index in [-0.39, 0.29) is 57.1 Å². The summed E-state index contributed by atoms with van der Waals surface area (Å²) in [6.45, 7) is -4.66. The van der Waals surface area contributed by atoms with Crippen molar-refractivity contribution >= 4 is 12.4 Å². The smallest absolute Gasteiger partial charge is 0.493 e. The number of aromatic nitrogens is 2.